The third-order valence-corrected chi connectivity index (χ3v) is 13.0. The number of aliphatic hydroxyl groups is 4. The number of carbonyl (C=O) groups is 1. The van der Waals surface area contributed by atoms with Gasteiger partial charge in [0.15, 0.2) is 0 Å². The van der Waals surface area contributed by atoms with Crippen LogP contribution in [0.1, 0.15) is 296 Å². The lowest BCUT2D eigenvalue weighted by Crippen LogP contribution is -2.53. The van der Waals surface area contributed by atoms with Crippen LogP contribution in [-0.2, 0) is 4.79 Å². The molecule has 358 valence electrons. The highest BCUT2D eigenvalue weighted by molar-refractivity contribution is 5.80. The highest BCUT2D eigenvalue weighted by Gasteiger charge is 2.28. The largest absolute Gasteiger partial charge is 0.394 e. The number of hydrogen-bond acceptors (Lipinski definition) is 5. The lowest BCUT2D eigenvalue weighted by Gasteiger charge is -2.27. The van der Waals surface area contributed by atoms with Gasteiger partial charge in [-0.25, -0.2) is 0 Å². The van der Waals surface area contributed by atoms with Gasteiger partial charge in [-0.05, 0) is 38.5 Å². The molecule has 0 saturated heterocycles. The average Bonchev–Trinajstić information content (AvgIpc) is 3.25. The van der Waals surface area contributed by atoms with E-state index in [-0.39, 0.29) is 0 Å². The molecule has 0 saturated carbocycles. The Bertz CT molecular complexity index is 867. The van der Waals surface area contributed by atoms with Crippen molar-refractivity contribution < 1.29 is 25.2 Å². The van der Waals surface area contributed by atoms with E-state index in [9.17, 15) is 25.2 Å². The molecule has 4 unspecified atom stereocenters. The standard InChI is InChI=1S/C54H107NO5/c1-3-5-7-9-11-13-14-15-16-17-18-19-20-21-22-23-24-25-26-27-28-29-30-31-32-33-34-35-36-37-38-39-40-42-44-46-48-52(58)54(60)55-50(49-56)53(59)51(57)47-45-43-41-12-10-8-6-4-2/h12,41,50-53,56-59H,3-11,13-40,42-49H2,1-2H3,(H,55,60)/b41-12+. The fourth-order valence-electron chi connectivity index (χ4n) is 8.70. The number of aliphatic hydroxyl groups excluding tert-OH is 4. The Morgan fingerprint density at radius 1 is 0.400 bits per heavy atom. The molecule has 0 aromatic heterocycles. The van der Waals surface area contributed by atoms with Crippen LogP contribution in [0, 0.1) is 0 Å². The molecule has 0 heterocycles. The van der Waals surface area contributed by atoms with Gasteiger partial charge in [0.05, 0.1) is 18.8 Å². The van der Waals surface area contributed by atoms with Crippen molar-refractivity contribution in [3.8, 4) is 0 Å². The van der Waals surface area contributed by atoms with E-state index in [2.05, 4.69) is 31.3 Å². The van der Waals surface area contributed by atoms with Gasteiger partial charge in [0.1, 0.15) is 12.2 Å². The van der Waals surface area contributed by atoms with E-state index < -0.39 is 36.9 Å². The molecule has 5 N–H and O–H groups in total. The van der Waals surface area contributed by atoms with Crippen molar-refractivity contribution in [2.45, 2.75) is 321 Å². The van der Waals surface area contributed by atoms with E-state index in [1.807, 2.05) is 0 Å². The molecule has 6 nitrogen and oxygen atoms in total. The normalized spacial score (nSPS) is 13.9. The number of unbranched alkanes of at least 4 members (excludes halogenated alkanes) is 39. The Balaban J connectivity index is 3.43. The van der Waals surface area contributed by atoms with Crippen LogP contribution < -0.4 is 5.32 Å². The van der Waals surface area contributed by atoms with Crippen molar-refractivity contribution in [2.24, 2.45) is 0 Å². The van der Waals surface area contributed by atoms with Crippen molar-refractivity contribution in [1.29, 1.82) is 0 Å². The van der Waals surface area contributed by atoms with E-state index in [4.69, 9.17) is 0 Å². The van der Waals surface area contributed by atoms with Crippen molar-refractivity contribution in [3.05, 3.63) is 12.2 Å². The third kappa shape index (κ3) is 42.4. The summed E-state index contributed by atoms with van der Waals surface area (Å²) in [5, 5.41) is 43.5. The van der Waals surface area contributed by atoms with E-state index in [1.165, 1.54) is 231 Å². The molecule has 0 spiro atoms. The first-order chi connectivity index (χ1) is 29.5. The topological polar surface area (TPSA) is 110 Å². The quantitative estimate of drug-likeness (QED) is 0.0309. The predicted octanol–water partition coefficient (Wildman–Crippen LogP) is 15.3. The minimum absolute atomic E-state index is 0.368. The van der Waals surface area contributed by atoms with Gasteiger partial charge in [0, 0.05) is 0 Å². The van der Waals surface area contributed by atoms with Crippen LogP contribution in [0.3, 0.4) is 0 Å². The van der Waals surface area contributed by atoms with E-state index in [1.54, 1.807) is 0 Å². The van der Waals surface area contributed by atoms with Crippen LogP contribution in [0.25, 0.3) is 0 Å². The van der Waals surface area contributed by atoms with Crippen LogP contribution in [-0.4, -0.2) is 57.3 Å². The van der Waals surface area contributed by atoms with Crippen molar-refractivity contribution in [1.82, 2.24) is 5.32 Å². The zero-order valence-corrected chi connectivity index (χ0v) is 40.5. The molecule has 0 bridgehead atoms. The monoisotopic (exact) mass is 850 g/mol. The maximum atomic E-state index is 12.5. The van der Waals surface area contributed by atoms with Crippen molar-refractivity contribution >= 4 is 5.91 Å². The lowest BCUT2D eigenvalue weighted by atomic mass is 10.00. The first-order valence-corrected chi connectivity index (χ1v) is 27.1. The Labute approximate surface area is 374 Å². The highest BCUT2D eigenvalue weighted by Crippen LogP contribution is 2.18. The van der Waals surface area contributed by atoms with Gasteiger partial charge in [-0.15, -0.1) is 0 Å². The zero-order valence-electron chi connectivity index (χ0n) is 40.5. The first kappa shape index (κ1) is 59.0. The summed E-state index contributed by atoms with van der Waals surface area (Å²) in [5.74, 6) is -0.591. The van der Waals surface area contributed by atoms with Crippen molar-refractivity contribution in [2.75, 3.05) is 6.61 Å². The Morgan fingerprint density at radius 3 is 1.00 bits per heavy atom. The molecule has 0 radical (unpaired) electrons. The number of amides is 1. The lowest BCUT2D eigenvalue weighted by molar-refractivity contribution is -0.132. The Hall–Kier alpha value is -0.950. The minimum Gasteiger partial charge on any atom is -0.394 e. The van der Waals surface area contributed by atoms with Gasteiger partial charge in [0.2, 0.25) is 5.91 Å². The molecule has 0 aliphatic heterocycles. The van der Waals surface area contributed by atoms with Crippen LogP contribution in [0.15, 0.2) is 12.2 Å². The maximum Gasteiger partial charge on any atom is 0.249 e. The predicted molar refractivity (Wildman–Crippen MR) is 261 cm³/mol. The van der Waals surface area contributed by atoms with E-state index >= 15 is 0 Å². The zero-order chi connectivity index (χ0) is 43.8. The second kappa shape index (κ2) is 49.1. The van der Waals surface area contributed by atoms with E-state index in [0.717, 1.165) is 38.5 Å². The van der Waals surface area contributed by atoms with Gasteiger partial charge in [-0.2, -0.15) is 0 Å². The fourth-order valence-corrected chi connectivity index (χ4v) is 8.70. The van der Waals surface area contributed by atoms with Gasteiger partial charge >= 0.3 is 0 Å². The average molecular weight is 850 g/mol. The Morgan fingerprint density at radius 2 is 0.683 bits per heavy atom. The summed E-state index contributed by atoms with van der Waals surface area (Å²) in [5.41, 5.74) is 0. The molecular weight excluding hydrogens is 743 g/mol. The SMILES string of the molecule is CCCCC/C=C/CCCC(O)C(O)C(CO)NC(=O)C(O)CCCCCCCCCCCCCCCCCCCCCCCCCCCCCCCCCCCCCC. The van der Waals surface area contributed by atoms with Crippen LogP contribution in [0.4, 0.5) is 0 Å². The summed E-state index contributed by atoms with van der Waals surface area (Å²) >= 11 is 0. The number of hydrogen-bond donors (Lipinski definition) is 5. The number of allylic oxidation sites excluding steroid dienone is 2. The van der Waals surface area contributed by atoms with Crippen LogP contribution >= 0.6 is 0 Å². The van der Waals surface area contributed by atoms with E-state index in [0.29, 0.717) is 12.8 Å². The number of nitrogens with one attached hydrogen (secondary N) is 1. The third-order valence-electron chi connectivity index (χ3n) is 13.0. The number of rotatable bonds is 50. The Kier molecular flexibility index (Phi) is 48.3. The summed E-state index contributed by atoms with van der Waals surface area (Å²) in [4.78, 5) is 12.5. The van der Waals surface area contributed by atoms with Gasteiger partial charge < -0.3 is 25.7 Å². The summed E-state index contributed by atoms with van der Waals surface area (Å²) in [6, 6.07) is -0.996. The molecule has 0 rings (SSSR count). The van der Waals surface area contributed by atoms with Gasteiger partial charge in [0.25, 0.3) is 0 Å². The fraction of sp³-hybridized carbons (Fsp3) is 0.944. The molecule has 0 aliphatic carbocycles. The second-order valence-corrected chi connectivity index (χ2v) is 18.9. The molecule has 6 heteroatoms. The number of carbonyl (C=O) groups excluding carboxylic acids is 1. The summed E-state index contributed by atoms with van der Waals surface area (Å²) < 4.78 is 0. The van der Waals surface area contributed by atoms with Crippen molar-refractivity contribution in [3.63, 3.8) is 0 Å². The molecular formula is C54H107NO5. The highest BCUT2D eigenvalue weighted by atomic mass is 16.3. The van der Waals surface area contributed by atoms with Gasteiger partial charge in [-0.3, -0.25) is 4.79 Å². The molecule has 0 fully saturated rings. The van der Waals surface area contributed by atoms with Crippen LogP contribution in [0.2, 0.25) is 0 Å². The maximum absolute atomic E-state index is 12.5. The summed E-state index contributed by atoms with van der Waals surface area (Å²) in [6.07, 6.45) is 57.6. The molecule has 4 atom stereocenters. The molecule has 0 aromatic rings. The molecule has 0 aromatic carbocycles. The second-order valence-electron chi connectivity index (χ2n) is 18.9. The smallest absolute Gasteiger partial charge is 0.249 e. The molecule has 0 aliphatic rings. The first-order valence-electron chi connectivity index (χ1n) is 27.1. The minimum atomic E-state index is -1.28. The van der Waals surface area contributed by atoms with Crippen LogP contribution in [0.5, 0.6) is 0 Å². The summed E-state index contributed by atoms with van der Waals surface area (Å²) in [6.45, 7) is 4.00. The molecule has 1 amide bonds. The van der Waals surface area contributed by atoms with Gasteiger partial charge in [-0.1, -0.05) is 270 Å². The molecule has 60 heavy (non-hydrogen) atoms. The summed E-state index contributed by atoms with van der Waals surface area (Å²) in [7, 11) is 0.